The van der Waals surface area contributed by atoms with Gasteiger partial charge >= 0.3 is 0 Å². The van der Waals surface area contributed by atoms with Crippen LogP contribution in [0.25, 0.3) is 0 Å². The van der Waals surface area contributed by atoms with Crippen LogP contribution in [0, 0.1) is 0 Å². The molecule has 0 radical (unpaired) electrons. The highest BCUT2D eigenvalue weighted by molar-refractivity contribution is 5.77. The summed E-state index contributed by atoms with van der Waals surface area (Å²) >= 11 is 0. The minimum atomic E-state index is 0.317. The van der Waals surface area contributed by atoms with Crippen molar-refractivity contribution in [3.63, 3.8) is 0 Å². The Hall–Kier alpha value is -2.13. The average Bonchev–Trinajstić information content (AvgIpc) is 2.65. The number of piperidine rings is 1. The lowest BCUT2D eigenvalue weighted by molar-refractivity contribution is -0.135. The van der Waals surface area contributed by atoms with Crippen LogP contribution in [0.3, 0.4) is 0 Å². The minimum absolute atomic E-state index is 0.317. The predicted molar refractivity (Wildman–Crippen MR) is 102 cm³/mol. The second kappa shape index (κ2) is 8.82. The van der Waals surface area contributed by atoms with Crippen LogP contribution >= 0.6 is 0 Å². The van der Waals surface area contributed by atoms with Gasteiger partial charge in [0.1, 0.15) is 0 Å². The van der Waals surface area contributed by atoms with E-state index in [1.54, 1.807) is 0 Å². The Bertz CT molecular complexity index is 615. The Kier molecular flexibility index (Phi) is 6.24. The monoisotopic (exact) mass is 336 g/mol. The lowest BCUT2D eigenvalue weighted by atomic mass is 10.0. The quantitative estimate of drug-likeness (QED) is 0.760. The normalized spacial score (nSPS) is 17.9. The number of hydrogen-bond donors (Lipinski definition) is 0. The summed E-state index contributed by atoms with van der Waals surface area (Å²) in [4.78, 5) is 16.8. The van der Waals surface area contributed by atoms with Gasteiger partial charge in [0.2, 0.25) is 5.91 Å². The second-order valence-corrected chi connectivity index (χ2v) is 6.91. The highest BCUT2D eigenvalue weighted by Gasteiger charge is 2.29. The molecule has 3 nitrogen and oxygen atoms in total. The number of benzene rings is 2. The fourth-order valence-corrected chi connectivity index (χ4v) is 3.63. The Morgan fingerprint density at radius 2 is 1.52 bits per heavy atom. The molecule has 3 rings (SSSR count). The molecule has 1 atom stereocenters. The van der Waals surface area contributed by atoms with Crippen LogP contribution in [-0.4, -0.2) is 34.8 Å². The average molecular weight is 336 g/mol. The van der Waals surface area contributed by atoms with Gasteiger partial charge < -0.3 is 4.90 Å². The summed E-state index contributed by atoms with van der Waals surface area (Å²) < 4.78 is 0. The van der Waals surface area contributed by atoms with E-state index in [1.165, 1.54) is 11.1 Å². The van der Waals surface area contributed by atoms with Crippen LogP contribution < -0.4 is 0 Å². The molecule has 0 saturated carbocycles. The van der Waals surface area contributed by atoms with Crippen molar-refractivity contribution >= 4 is 5.91 Å². The fraction of sp³-hybridized carbons (Fsp3) is 0.409. The van der Waals surface area contributed by atoms with Crippen molar-refractivity contribution in [2.24, 2.45) is 0 Å². The molecule has 2 aromatic rings. The van der Waals surface area contributed by atoms with Gasteiger partial charge in [-0.1, -0.05) is 67.6 Å². The van der Waals surface area contributed by atoms with Gasteiger partial charge in [0, 0.05) is 38.6 Å². The summed E-state index contributed by atoms with van der Waals surface area (Å²) in [6, 6.07) is 21.7. The molecule has 1 saturated heterocycles. The Balaban J connectivity index is 1.76. The molecule has 1 aliphatic heterocycles. The summed E-state index contributed by atoms with van der Waals surface area (Å²) in [6.45, 7) is 5.72. The summed E-state index contributed by atoms with van der Waals surface area (Å²) in [5.74, 6) is 0.317. The second-order valence-electron chi connectivity index (χ2n) is 6.91. The third-order valence-corrected chi connectivity index (χ3v) is 4.94. The first-order chi connectivity index (χ1) is 12.3. The van der Waals surface area contributed by atoms with Gasteiger partial charge in [-0.3, -0.25) is 9.69 Å². The highest BCUT2D eigenvalue weighted by atomic mass is 16.2. The van der Waals surface area contributed by atoms with E-state index in [-0.39, 0.29) is 0 Å². The zero-order valence-electron chi connectivity index (χ0n) is 15.1. The smallest absolute Gasteiger partial charge is 0.222 e. The molecule has 3 heteroatoms. The summed E-state index contributed by atoms with van der Waals surface area (Å²) in [7, 11) is 0. The maximum absolute atomic E-state index is 12.2. The molecule has 0 aromatic heterocycles. The van der Waals surface area contributed by atoms with Gasteiger partial charge in [0.05, 0.1) is 0 Å². The predicted octanol–water partition coefficient (Wildman–Crippen LogP) is 4.09. The number of hydrogen-bond acceptors (Lipinski definition) is 2. The third kappa shape index (κ3) is 4.93. The standard InChI is InChI=1S/C22H28N2O/c1-2-15-23-18-21(13-14-22(23)25)24(16-19-9-5-3-6-10-19)17-20-11-7-4-8-12-20/h3-12,21H,2,13-18H2,1H3. The van der Waals surface area contributed by atoms with Gasteiger partial charge in [-0.2, -0.15) is 0 Å². The number of likely N-dealkylation sites (tertiary alicyclic amines) is 1. The molecule has 1 aliphatic rings. The van der Waals surface area contributed by atoms with Crippen molar-refractivity contribution in [2.75, 3.05) is 13.1 Å². The van der Waals surface area contributed by atoms with E-state index in [9.17, 15) is 4.79 Å². The van der Waals surface area contributed by atoms with Gasteiger partial charge in [-0.05, 0) is 24.0 Å². The van der Waals surface area contributed by atoms with E-state index >= 15 is 0 Å². The van der Waals surface area contributed by atoms with E-state index in [0.717, 1.165) is 39.0 Å². The van der Waals surface area contributed by atoms with Gasteiger partial charge in [0.15, 0.2) is 0 Å². The van der Waals surface area contributed by atoms with Crippen LogP contribution in [0.15, 0.2) is 60.7 Å². The molecule has 25 heavy (non-hydrogen) atoms. The van der Waals surface area contributed by atoms with Crippen LogP contribution in [0.5, 0.6) is 0 Å². The summed E-state index contributed by atoms with van der Waals surface area (Å²) in [5.41, 5.74) is 2.66. The Morgan fingerprint density at radius 1 is 0.960 bits per heavy atom. The molecule has 1 fully saturated rings. The Morgan fingerprint density at radius 3 is 2.04 bits per heavy atom. The zero-order valence-corrected chi connectivity index (χ0v) is 15.1. The first-order valence-electron chi connectivity index (χ1n) is 9.36. The van der Waals surface area contributed by atoms with E-state index in [1.807, 2.05) is 0 Å². The molecular weight excluding hydrogens is 308 g/mol. The molecule has 2 aromatic carbocycles. The van der Waals surface area contributed by atoms with Gasteiger partial charge in [0.25, 0.3) is 0 Å². The molecule has 132 valence electrons. The van der Waals surface area contributed by atoms with Crippen molar-refractivity contribution < 1.29 is 4.79 Å². The van der Waals surface area contributed by atoms with Crippen molar-refractivity contribution in [1.29, 1.82) is 0 Å². The first-order valence-corrected chi connectivity index (χ1v) is 9.36. The molecule has 0 aliphatic carbocycles. The minimum Gasteiger partial charge on any atom is -0.341 e. The van der Waals surface area contributed by atoms with Crippen molar-refractivity contribution in [3.8, 4) is 0 Å². The van der Waals surface area contributed by atoms with Gasteiger partial charge in [-0.25, -0.2) is 0 Å². The maximum atomic E-state index is 12.2. The maximum Gasteiger partial charge on any atom is 0.222 e. The van der Waals surface area contributed by atoms with Gasteiger partial charge in [-0.15, -0.1) is 0 Å². The molecule has 0 N–H and O–H groups in total. The zero-order chi connectivity index (χ0) is 17.5. The van der Waals surface area contributed by atoms with Crippen molar-refractivity contribution in [1.82, 2.24) is 9.80 Å². The third-order valence-electron chi connectivity index (χ3n) is 4.94. The number of carbonyl (C=O) groups excluding carboxylic acids is 1. The van der Waals surface area contributed by atoms with Crippen molar-refractivity contribution in [2.45, 2.75) is 45.3 Å². The highest BCUT2D eigenvalue weighted by Crippen LogP contribution is 2.22. The van der Waals surface area contributed by atoms with E-state index in [4.69, 9.17) is 0 Å². The SMILES string of the molecule is CCCN1CC(N(Cc2ccccc2)Cc2ccccc2)CCC1=O. The Labute approximate surface area is 151 Å². The van der Waals surface area contributed by atoms with E-state index in [0.29, 0.717) is 18.4 Å². The number of amides is 1. The molecule has 1 heterocycles. The lowest BCUT2D eigenvalue weighted by Gasteiger charge is -2.39. The topological polar surface area (TPSA) is 23.6 Å². The van der Waals surface area contributed by atoms with E-state index in [2.05, 4.69) is 77.4 Å². The largest absolute Gasteiger partial charge is 0.341 e. The molecular formula is C22H28N2O. The van der Waals surface area contributed by atoms with Crippen LogP contribution in [-0.2, 0) is 17.9 Å². The van der Waals surface area contributed by atoms with Crippen molar-refractivity contribution in [3.05, 3.63) is 71.8 Å². The number of nitrogens with zero attached hydrogens (tertiary/aromatic N) is 2. The number of rotatable bonds is 7. The summed E-state index contributed by atoms with van der Waals surface area (Å²) in [6.07, 6.45) is 2.65. The van der Waals surface area contributed by atoms with Crippen LogP contribution in [0.4, 0.5) is 0 Å². The van der Waals surface area contributed by atoms with Crippen LogP contribution in [0.2, 0.25) is 0 Å². The molecule has 1 amide bonds. The number of carbonyl (C=O) groups is 1. The molecule has 0 spiro atoms. The van der Waals surface area contributed by atoms with Crippen LogP contribution in [0.1, 0.15) is 37.3 Å². The molecule has 0 bridgehead atoms. The first kappa shape index (κ1) is 17.7. The molecule has 1 unspecified atom stereocenters. The summed E-state index contributed by atoms with van der Waals surface area (Å²) in [5, 5.41) is 0. The fourth-order valence-electron chi connectivity index (χ4n) is 3.63. The lowest BCUT2D eigenvalue weighted by Crippen LogP contribution is -2.49. The van der Waals surface area contributed by atoms with E-state index < -0.39 is 0 Å².